The van der Waals surface area contributed by atoms with Gasteiger partial charge in [0.15, 0.2) is 0 Å². The summed E-state index contributed by atoms with van der Waals surface area (Å²) < 4.78 is 13.6. The molecule has 0 heterocycles. The fourth-order valence-corrected chi connectivity index (χ4v) is 2.01. The molecule has 1 aromatic rings. The first kappa shape index (κ1) is 13.9. The predicted molar refractivity (Wildman–Crippen MR) is 64.7 cm³/mol. The number of nitrogens with zero attached hydrogens (tertiary/aromatic N) is 1. The number of carbonyl (C=O) groups excluding carboxylic acids is 1. The van der Waals surface area contributed by atoms with E-state index in [0.717, 1.165) is 12.1 Å². The molecule has 2 rings (SSSR count). The Balaban J connectivity index is 2.22. The fourth-order valence-electron chi connectivity index (χ4n) is 2.01. The number of nitrogens with one attached hydrogen (secondary N) is 1. The van der Waals surface area contributed by atoms with Crippen molar-refractivity contribution in [3.63, 3.8) is 0 Å². The van der Waals surface area contributed by atoms with Crippen molar-refractivity contribution in [1.29, 1.82) is 0 Å². The average Bonchev–Trinajstić information content (AvgIpc) is 2.32. The number of benzene rings is 1. The van der Waals surface area contributed by atoms with Crippen LogP contribution in [0.15, 0.2) is 18.2 Å². The normalized spacial score (nSPS) is 16.1. The van der Waals surface area contributed by atoms with Crippen molar-refractivity contribution >= 4 is 17.6 Å². The third kappa shape index (κ3) is 2.31. The number of nitro groups is 1. The molecule has 1 aliphatic rings. The summed E-state index contributed by atoms with van der Waals surface area (Å²) in [6, 6.07) is 2.59. The summed E-state index contributed by atoms with van der Waals surface area (Å²) in [5.74, 6) is -3.12. The van der Waals surface area contributed by atoms with Crippen molar-refractivity contribution in [2.24, 2.45) is 0 Å². The Labute approximate surface area is 112 Å². The highest BCUT2D eigenvalue weighted by Gasteiger charge is 2.46. The van der Waals surface area contributed by atoms with E-state index in [2.05, 4.69) is 5.32 Å². The maximum atomic E-state index is 13.6. The quantitative estimate of drug-likeness (QED) is 0.642. The van der Waals surface area contributed by atoms with Crippen LogP contribution in [0.3, 0.4) is 0 Å². The van der Waals surface area contributed by atoms with Gasteiger partial charge in [-0.05, 0) is 25.3 Å². The van der Waals surface area contributed by atoms with Gasteiger partial charge in [-0.25, -0.2) is 9.18 Å². The molecule has 1 aliphatic carbocycles. The Morgan fingerprint density at radius 2 is 2.05 bits per heavy atom. The van der Waals surface area contributed by atoms with Crippen molar-refractivity contribution in [3.8, 4) is 0 Å². The molecular weight excluding hydrogens is 271 g/mol. The number of amides is 1. The number of hydrogen-bond donors (Lipinski definition) is 2. The highest BCUT2D eigenvalue weighted by Crippen LogP contribution is 2.32. The number of non-ortho nitro benzene ring substituents is 1. The van der Waals surface area contributed by atoms with E-state index in [0.29, 0.717) is 12.5 Å². The summed E-state index contributed by atoms with van der Waals surface area (Å²) in [6.45, 7) is 0. The molecule has 20 heavy (non-hydrogen) atoms. The van der Waals surface area contributed by atoms with E-state index in [1.807, 2.05) is 0 Å². The zero-order valence-corrected chi connectivity index (χ0v) is 10.3. The van der Waals surface area contributed by atoms with Crippen molar-refractivity contribution in [2.45, 2.75) is 24.8 Å². The van der Waals surface area contributed by atoms with Crippen molar-refractivity contribution < 1.29 is 24.0 Å². The number of carboxylic acid groups (broad SMARTS) is 1. The molecule has 1 saturated carbocycles. The zero-order chi connectivity index (χ0) is 14.9. The van der Waals surface area contributed by atoms with Gasteiger partial charge in [-0.2, -0.15) is 0 Å². The third-order valence-electron chi connectivity index (χ3n) is 3.38. The second kappa shape index (κ2) is 4.87. The summed E-state index contributed by atoms with van der Waals surface area (Å²) in [5.41, 5.74) is -2.25. The molecule has 0 saturated heterocycles. The van der Waals surface area contributed by atoms with Gasteiger partial charge in [-0.1, -0.05) is 0 Å². The Kier molecular flexibility index (Phi) is 3.39. The molecule has 0 unspecified atom stereocenters. The monoisotopic (exact) mass is 282 g/mol. The molecule has 8 heteroatoms. The van der Waals surface area contributed by atoms with Crippen LogP contribution in [0.5, 0.6) is 0 Å². The molecule has 0 spiro atoms. The number of nitro benzene ring substituents is 1. The van der Waals surface area contributed by atoms with E-state index in [4.69, 9.17) is 5.11 Å². The number of carbonyl (C=O) groups is 2. The maximum absolute atomic E-state index is 13.6. The largest absolute Gasteiger partial charge is 0.480 e. The lowest BCUT2D eigenvalue weighted by atomic mass is 9.76. The molecule has 0 radical (unpaired) electrons. The first-order valence-electron chi connectivity index (χ1n) is 5.85. The number of hydrogen-bond acceptors (Lipinski definition) is 4. The van der Waals surface area contributed by atoms with E-state index in [-0.39, 0.29) is 12.8 Å². The Bertz CT molecular complexity index is 598. The van der Waals surface area contributed by atoms with Crippen molar-refractivity contribution in [3.05, 3.63) is 39.7 Å². The minimum Gasteiger partial charge on any atom is -0.480 e. The molecule has 2 N–H and O–H groups in total. The van der Waals surface area contributed by atoms with Crippen LogP contribution in [0.1, 0.15) is 29.6 Å². The Morgan fingerprint density at radius 1 is 1.40 bits per heavy atom. The van der Waals surface area contributed by atoms with Gasteiger partial charge in [0.05, 0.1) is 16.6 Å². The van der Waals surface area contributed by atoms with E-state index >= 15 is 0 Å². The molecule has 1 amide bonds. The number of carboxylic acids is 1. The summed E-state index contributed by atoms with van der Waals surface area (Å²) in [7, 11) is 0. The van der Waals surface area contributed by atoms with Gasteiger partial charge in [0.25, 0.3) is 11.6 Å². The molecule has 0 atom stereocenters. The Hall–Kier alpha value is -2.51. The van der Waals surface area contributed by atoms with E-state index in [9.17, 15) is 24.1 Å². The van der Waals surface area contributed by atoms with Gasteiger partial charge in [0.2, 0.25) is 0 Å². The zero-order valence-electron chi connectivity index (χ0n) is 10.3. The van der Waals surface area contributed by atoms with Crippen LogP contribution >= 0.6 is 0 Å². The van der Waals surface area contributed by atoms with Crippen LogP contribution < -0.4 is 5.32 Å². The third-order valence-corrected chi connectivity index (χ3v) is 3.38. The minimum atomic E-state index is -1.36. The first-order chi connectivity index (χ1) is 9.35. The molecule has 7 nitrogen and oxygen atoms in total. The minimum absolute atomic E-state index is 0.280. The van der Waals surface area contributed by atoms with Gasteiger partial charge in [0, 0.05) is 6.07 Å². The fraction of sp³-hybridized carbons (Fsp3) is 0.333. The van der Waals surface area contributed by atoms with Gasteiger partial charge < -0.3 is 10.4 Å². The molecule has 1 aromatic carbocycles. The van der Waals surface area contributed by atoms with Crippen LogP contribution in [0.4, 0.5) is 10.1 Å². The number of halogens is 1. The van der Waals surface area contributed by atoms with Crippen LogP contribution in [0, 0.1) is 15.9 Å². The lowest BCUT2D eigenvalue weighted by molar-refractivity contribution is -0.385. The van der Waals surface area contributed by atoms with Crippen LogP contribution in [0.25, 0.3) is 0 Å². The molecule has 106 valence electrons. The van der Waals surface area contributed by atoms with E-state index in [1.54, 1.807) is 0 Å². The Morgan fingerprint density at radius 3 is 2.45 bits per heavy atom. The lowest BCUT2D eigenvalue weighted by Gasteiger charge is -2.38. The highest BCUT2D eigenvalue weighted by atomic mass is 19.1. The summed E-state index contributed by atoms with van der Waals surface area (Å²) in [6.07, 6.45) is 1.22. The number of rotatable bonds is 4. The van der Waals surface area contributed by atoms with Crippen LogP contribution in [0.2, 0.25) is 0 Å². The summed E-state index contributed by atoms with van der Waals surface area (Å²) in [5, 5.41) is 21.8. The van der Waals surface area contributed by atoms with Crippen LogP contribution in [-0.4, -0.2) is 27.4 Å². The second-order valence-electron chi connectivity index (χ2n) is 4.62. The molecule has 0 aromatic heterocycles. The molecule has 0 aliphatic heterocycles. The smallest absolute Gasteiger partial charge is 0.329 e. The SMILES string of the molecule is O=C(NC1(C(=O)O)CCC1)c1ccc([N+](=O)[O-])cc1F. The summed E-state index contributed by atoms with van der Waals surface area (Å²) >= 11 is 0. The molecule has 1 fully saturated rings. The topological polar surface area (TPSA) is 110 Å². The van der Waals surface area contributed by atoms with Crippen molar-refractivity contribution in [2.75, 3.05) is 0 Å². The molecular formula is C12H11FN2O5. The van der Waals surface area contributed by atoms with Gasteiger partial charge in [-0.3, -0.25) is 14.9 Å². The summed E-state index contributed by atoms with van der Waals surface area (Å²) in [4.78, 5) is 32.7. The standard InChI is InChI=1S/C12H11FN2O5/c13-9-6-7(15(19)20)2-3-8(9)10(16)14-12(11(17)18)4-1-5-12/h2-3,6H,1,4-5H2,(H,14,16)(H,17,18). The van der Waals surface area contributed by atoms with Gasteiger partial charge in [-0.15, -0.1) is 0 Å². The van der Waals surface area contributed by atoms with Gasteiger partial charge >= 0.3 is 5.97 Å². The molecule has 0 bridgehead atoms. The lowest BCUT2D eigenvalue weighted by Crippen LogP contribution is -2.59. The van der Waals surface area contributed by atoms with Crippen LogP contribution in [-0.2, 0) is 4.79 Å². The van der Waals surface area contributed by atoms with E-state index < -0.39 is 39.4 Å². The average molecular weight is 282 g/mol. The maximum Gasteiger partial charge on any atom is 0.329 e. The highest BCUT2D eigenvalue weighted by molar-refractivity contribution is 5.98. The van der Waals surface area contributed by atoms with E-state index in [1.165, 1.54) is 0 Å². The predicted octanol–water partition coefficient (Wildman–Crippen LogP) is 1.47. The van der Waals surface area contributed by atoms with Crippen molar-refractivity contribution in [1.82, 2.24) is 5.32 Å². The van der Waals surface area contributed by atoms with Gasteiger partial charge in [0.1, 0.15) is 11.4 Å². The first-order valence-corrected chi connectivity index (χ1v) is 5.85. The number of aliphatic carboxylic acids is 1. The second-order valence-corrected chi connectivity index (χ2v) is 4.62.